The standard InChI is InChI=1S/C16H20N2O/c1-5-18-10-13(11-19)15(17-18)12-6-8-14(9-7-12)16(2,3)4/h6-11H,5H2,1-4H3. The highest BCUT2D eigenvalue weighted by atomic mass is 16.1. The van der Waals surface area contributed by atoms with Crippen molar-refractivity contribution in [2.45, 2.75) is 39.7 Å². The van der Waals surface area contributed by atoms with E-state index in [2.05, 4.69) is 38.0 Å². The molecule has 0 aliphatic heterocycles. The Morgan fingerprint density at radius 1 is 1.21 bits per heavy atom. The van der Waals surface area contributed by atoms with Crippen LogP contribution in [0.4, 0.5) is 0 Å². The maximum atomic E-state index is 11.1. The number of hydrogen-bond donors (Lipinski definition) is 0. The van der Waals surface area contributed by atoms with Gasteiger partial charge in [0.1, 0.15) is 5.69 Å². The van der Waals surface area contributed by atoms with Crippen molar-refractivity contribution in [3.05, 3.63) is 41.6 Å². The summed E-state index contributed by atoms with van der Waals surface area (Å²) in [5.74, 6) is 0. The summed E-state index contributed by atoms with van der Waals surface area (Å²) in [7, 11) is 0. The number of nitrogens with zero attached hydrogens (tertiary/aromatic N) is 2. The lowest BCUT2D eigenvalue weighted by Gasteiger charge is -2.18. The van der Waals surface area contributed by atoms with Gasteiger partial charge in [0.15, 0.2) is 6.29 Å². The molecule has 0 saturated heterocycles. The van der Waals surface area contributed by atoms with Gasteiger partial charge in [0.25, 0.3) is 0 Å². The third-order valence-corrected chi connectivity index (χ3v) is 3.27. The van der Waals surface area contributed by atoms with Crippen LogP contribution in [0, 0.1) is 0 Å². The molecule has 0 aliphatic rings. The molecule has 1 heterocycles. The van der Waals surface area contributed by atoms with Crippen molar-refractivity contribution < 1.29 is 4.79 Å². The lowest BCUT2D eigenvalue weighted by Crippen LogP contribution is -2.10. The van der Waals surface area contributed by atoms with Gasteiger partial charge < -0.3 is 0 Å². The van der Waals surface area contributed by atoms with Gasteiger partial charge in [0, 0.05) is 18.3 Å². The van der Waals surface area contributed by atoms with Crippen molar-refractivity contribution >= 4 is 6.29 Å². The summed E-state index contributed by atoms with van der Waals surface area (Å²) in [6.07, 6.45) is 2.66. The second-order valence-corrected chi connectivity index (χ2v) is 5.73. The number of carbonyl (C=O) groups excluding carboxylic acids is 1. The smallest absolute Gasteiger partial charge is 0.153 e. The molecule has 2 aromatic rings. The first-order valence-corrected chi connectivity index (χ1v) is 6.59. The van der Waals surface area contributed by atoms with Crippen molar-refractivity contribution in [2.75, 3.05) is 0 Å². The third-order valence-electron chi connectivity index (χ3n) is 3.27. The Kier molecular flexibility index (Phi) is 3.56. The Balaban J connectivity index is 2.42. The molecule has 0 saturated carbocycles. The molecule has 2 rings (SSSR count). The summed E-state index contributed by atoms with van der Waals surface area (Å²) in [6, 6.07) is 8.29. The minimum atomic E-state index is 0.134. The van der Waals surface area contributed by atoms with E-state index in [1.807, 2.05) is 19.1 Å². The molecule has 0 radical (unpaired) electrons. The van der Waals surface area contributed by atoms with Crippen LogP contribution in [-0.4, -0.2) is 16.1 Å². The molecule has 19 heavy (non-hydrogen) atoms. The van der Waals surface area contributed by atoms with Gasteiger partial charge in [-0.1, -0.05) is 45.0 Å². The fourth-order valence-corrected chi connectivity index (χ4v) is 2.04. The predicted molar refractivity (Wildman–Crippen MR) is 77.4 cm³/mol. The summed E-state index contributed by atoms with van der Waals surface area (Å²) < 4.78 is 1.79. The third kappa shape index (κ3) is 2.75. The number of carbonyl (C=O) groups is 1. The molecular weight excluding hydrogens is 236 g/mol. The predicted octanol–water partition coefficient (Wildman–Crippen LogP) is 3.68. The zero-order valence-electron chi connectivity index (χ0n) is 12.0. The maximum absolute atomic E-state index is 11.1. The molecule has 100 valence electrons. The molecule has 0 aliphatic carbocycles. The molecular formula is C16H20N2O. The minimum Gasteiger partial charge on any atom is -0.298 e. The molecule has 0 spiro atoms. The summed E-state index contributed by atoms with van der Waals surface area (Å²) in [4.78, 5) is 11.1. The van der Waals surface area contributed by atoms with Crippen molar-refractivity contribution in [3.63, 3.8) is 0 Å². The molecule has 1 aromatic heterocycles. The number of hydrogen-bond acceptors (Lipinski definition) is 2. The average molecular weight is 256 g/mol. The van der Waals surface area contributed by atoms with Crippen LogP contribution >= 0.6 is 0 Å². The molecule has 0 unspecified atom stereocenters. The number of aldehydes is 1. The topological polar surface area (TPSA) is 34.9 Å². The van der Waals surface area contributed by atoms with Crippen LogP contribution < -0.4 is 0 Å². The van der Waals surface area contributed by atoms with Crippen molar-refractivity contribution in [1.82, 2.24) is 9.78 Å². The zero-order valence-corrected chi connectivity index (χ0v) is 12.0. The summed E-state index contributed by atoms with van der Waals surface area (Å²) >= 11 is 0. The van der Waals surface area contributed by atoms with Crippen LogP contribution in [0.1, 0.15) is 43.6 Å². The van der Waals surface area contributed by atoms with Crippen LogP contribution in [0.5, 0.6) is 0 Å². The zero-order chi connectivity index (χ0) is 14.0. The highest BCUT2D eigenvalue weighted by Gasteiger charge is 2.15. The SMILES string of the molecule is CCn1cc(C=O)c(-c2ccc(C(C)(C)C)cc2)n1. The number of aryl methyl sites for hydroxylation is 1. The van der Waals surface area contributed by atoms with E-state index in [0.717, 1.165) is 24.1 Å². The number of aromatic nitrogens is 2. The van der Waals surface area contributed by atoms with E-state index in [-0.39, 0.29) is 5.41 Å². The lowest BCUT2D eigenvalue weighted by atomic mass is 9.86. The van der Waals surface area contributed by atoms with Crippen LogP contribution in [-0.2, 0) is 12.0 Å². The van der Waals surface area contributed by atoms with Gasteiger partial charge in [-0.3, -0.25) is 9.48 Å². The minimum absolute atomic E-state index is 0.134. The van der Waals surface area contributed by atoms with E-state index in [1.54, 1.807) is 10.9 Å². The fourth-order valence-electron chi connectivity index (χ4n) is 2.04. The summed E-state index contributed by atoms with van der Waals surface area (Å²) in [5, 5.41) is 4.45. The number of rotatable bonds is 3. The van der Waals surface area contributed by atoms with Crippen LogP contribution in [0.2, 0.25) is 0 Å². The van der Waals surface area contributed by atoms with Crippen LogP contribution in [0.25, 0.3) is 11.3 Å². The Labute approximate surface area is 114 Å². The van der Waals surface area contributed by atoms with Crippen molar-refractivity contribution in [2.24, 2.45) is 0 Å². The maximum Gasteiger partial charge on any atom is 0.153 e. The van der Waals surface area contributed by atoms with E-state index in [1.165, 1.54) is 5.56 Å². The normalized spacial score (nSPS) is 11.6. The highest BCUT2D eigenvalue weighted by Crippen LogP contribution is 2.26. The Morgan fingerprint density at radius 3 is 2.32 bits per heavy atom. The van der Waals surface area contributed by atoms with Crippen molar-refractivity contribution in [1.29, 1.82) is 0 Å². The van der Waals surface area contributed by atoms with E-state index in [9.17, 15) is 4.79 Å². The summed E-state index contributed by atoms with van der Waals surface area (Å²) in [6.45, 7) is 9.33. The van der Waals surface area contributed by atoms with Gasteiger partial charge in [-0.2, -0.15) is 5.10 Å². The lowest BCUT2D eigenvalue weighted by molar-refractivity contribution is 0.112. The molecule has 1 aromatic carbocycles. The average Bonchev–Trinajstić information content (AvgIpc) is 2.81. The van der Waals surface area contributed by atoms with Crippen molar-refractivity contribution in [3.8, 4) is 11.3 Å². The molecule has 3 heteroatoms. The van der Waals surface area contributed by atoms with Gasteiger partial charge in [-0.05, 0) is 17.9 Å². The summed E-state index contributed by atoms with van der Waals surface area (Å²) in [5.41, 5.74) is 3.80. The largest absolute Gasteiger partial charge is 0.298 e. The Hall–Kier alpha value is -1.90. The molecule has 3 nitrogen and oxygen atoms in total. The van der Waals surface area contributed by atoms with E-state index >= 15 is 0 Å². The Bertz CT molecular complexity index is 574. The van der Waals surface area contributed by atoms with Crippen LogP contribution in [0.3, 0.4) is 0 Å². The number of benzene rings is 1. The molecule has 0 atom stereocenters. The molecule has 0 bridgehead atoms. The quantitative estimate of drug-likeness (QED) is 0.785. The second-order valence-electron chi connectivity index (χ2n) is 5.73. The van der Waals surface area contributed by atoms with Gasteiger partial charge in [-0.25, -0.2) is 0 Å². The second kappa shape index (κ2) is 5.00. The van der Waals surface area contributed by atoms with E-state index in [4.69, 9.17) is 0 Å². The molecule has 0 N–H and O–H groups in total. The van der Waals surface area contributed by atoms with Gasteiger partial charge in [-0.15, -0.1) is 0 Å². The van der Waals surface area contributed by atoms with Gasteiger partial charge in [0.2, 0.25) is 0 Å². The fraction of sp³-hybridized carbons (Fsp3) is 0.375. The first-order chi connectivity index (χ1) is 8.95. The molecule has 0 amide bonds. The first-order valence-electron chi connectivity index (χ1n) is 6.59. The van der Waals surface area contributed by atoms with Crippen LogP contribution in [0.15, 0.2) is 30.5 Å². The highest BCUT2D eigenvalue weighted by molar-refractivity contribution is 5.85. The Morgan fingerprint density at radius 2 is 1.84 bits per heavy atom. The van der Waals surface area contributed by atoms with Gasteiger partial charge in [0.05, 0.1) is 5.56 Å². The first kappa shape index (κ1) is 13.5. The monoisotopic (exact) mass is 256 g/mol. The molecule has 0 fully saturated rings. The van der Waals surface area contributed by atoms with E-state index < -0.39 is 0 Å². The van der Waals surface area contributed by atoms with E-state index in [0.29, 0.717) is 5.56 Å². The van der Waals surface area contributed by atoms with Gasteiger partial charge >= 0.3 is 0 Å².